The van der Waals surface area contributed by atoms with Gasteiger partial charge in [0.1, 0.15) is 6.33 Å². The molecule has 2 aromatic carbocycles. The lowest BCUT2D eigenvalue weighted by atomic mass is 10.2. The van der Waals surface area contributed by atoms with E-state index in [-0.39, 0.29) is 5.91 Å². The minimum atomic E-state index is 0.0557. The minimum Gasteiger partial charge on any atom is -0.378 e. The first-order valence-electron chi connectivity index (χ1n) is 9.04. The Bertz CT molecular complexity index is 919. The second kappa shape index (κ2) is 8.93. The van der Waals surface area contributed by atoms with E-state index in [1.54, 1.807) is 11.2 Å². The molecule has 1 amide bonds. The van der Waals surface area contributed by atoms with E-state index in [2.05, 4.69) is 39.4 Å². The molecule has 0 aliphatic carbocycles. The van der Waals surface area contributed by atoms with Crippen molar-refractivity contribution in [2.24, 2.45) is 0 Å². The smallest absolute Gasteiger partial charge is 0.233 e. The third kappa shape index (κ3) is 4.92. The Labute approximate surface area is 170 Å². The molecule has 3 rings (SSSR count). The van der Waals surface area contributed by atoms with Gasteiger partial charge in [0.25, 0.3) is 0 Å². The van der Waals surface area contributed by atoms with Crippen LogP contribution in [0.25, 0.3) is 5.69 Å². The van der Waals surface area contributed by atoms with Crippen molar-refractivity contribution in [3.05, 3.63) is 66.0 Å². The van der Waals surface area contributed by atoms with Crippen LogP contribution >= 0.6 is 11.8 Å². The fourth-order valence-corrected chi connectivity index (χ4v) is 3.57. The lowest BCUT2D eigenvalue weighted by molar-refractivity contribution is -0.127. The summed E-state index contributed by atoms with van der Waals surface area (Å²) in [6.07, 6.45) is 1.67. The molecule has 0 aliphatic rings. The van der Waals surface area contributed by atoms with E-state index in [9.17, 15) is 4.79 Å². The number of anilines is 1. The van der Waals surface area contributed by atoms with Gasteiger partial charge in [-0.05, 0) is 36.8 Å². The fourth-order valence-electron chi connectivity index (χ4n) is 2.70. The van der Waals surface area contributed by atoms with Gasteiger partial charge >= 0.3 is 0 Å². The Morgan fingerprint density at radius 2 is 1.71 bits per heavy atom. The van der Waals surface area contributed by atoms with Gasteiger partial charge in [-0.3, -0.25) is 9.36 Å². The van der Waals surface area contributed by atoms with E-state index in [0.717, 1.165) is 16.9 Å². The van der Waals surface area contributed by atoms with Crippen molar-refractivity contribution in [3.63, 3.8) is 0 Å². The molecular weight excluding hydrogens is 370 g/mol. The number of aryl methyl sites for hydroxylation is 1. The van der Waals surface area contributed by atoms with Crippen LogP contribution < -0.4 is 4.90 Å². The second-order valence-electron chi connectivity index (χ2n) is 6.92. The number of amides is 1. The number of hydrogen-bond acceptors (Lipinski definition) is 5. The number of rotatable bonds is 7. The van der Waals surface area contributed by atoms with Crippen LogP contribution in [0, 0.1) is 6.92 Å². The van der Waals surface area contributed by atoms with Gasteiger partial charge < -0.3 is 9.80 Å². The zero-order chi connectivity index (χ0) is 20.1. The highest BCUT2D eigenvalue weighted by Crippen LogP contribution is 2.20. The summed E-state index contributed by atoms with van der Waals surface area (Å²) in [4.78, 5) is 16.3. The van der Waals surface area contributed by atoms with Gasteiger partial charge in [-0.2, -0.15) is 0 Å². The average Bonchev–Trinajstić information content (AvgIpc) is 3.15. The van der Waals surface area contributed by atoms with E-state index in [4.69, 9.17) is 0 Å². The van der Waals surface area contributed by atoms with Gasteiger partial charge in [0, 0.05) is 39.1 Å². The maximum atomic E-state index is 12.5. The van der Waals surface area contributed by atoms with Crippen molar-refractivity contribution in [3.8, 4) is 5.69 Å². The summed E-state index contributed by atoms with van der Waals surface area (Å²) in [5.74, 6) is 0.372. The predicted molar refractivity (Wildman–Crippen MR) is 114 cm³/mol. The molecule has 0 saturated carbocycles. The molecule has 28 heavy (non-hydrogen) atoms. The molecule has 3 aromatic rings. The van der Waals surface area contributed by atoms with Gasteiger partial charge in [0.05, 0.1) is 5.75 Å². The minimum absolute atomic E-state index is 0.0557. The van der Waals surface area contributed by atoms with E-state index >= 15 is 0 Å². The third-order valence-electron chi connectivity index (χ3n) is 4.45. The zero-order valence-corrected chi connectivity index (χ0v) is 17.5. The summed E-state index contributed by atoms with van der Waals surface area (Å²) in [5.41, 5.74) is 4.43. The second-order valence-corrected chi connectivity index (χ2v) is 7.86. The molecule has 0 N–H and O–H groups in total. The highest BCUT2D eigenvalue weighted by Gasteiger charge is 2.14. The number of thioether (sulfide) groups is 1. The summed E-state index contributed by atoms with van der Waals surface area (Å²) in [5, 5.41) is 8.86. The Hall–Kier alpha value is -2.80. The first kappa shape index (κ1) is 19.9. The number of aromatic nitrogens is 3. The van der Waals surface area contributed by atoms with Crippen LogP contribution in [0.2, 0.25) is 0 Å². The highest BCUT2D eigenvalue weighted by atomic mass is 32.2. The van der Waals surface area contributed by atoms with E-state index in [1.165, 1.54) is 17.3 Å². The first-order valence-corrected chi connectivity index (χ1v) is 10.0. The molecule has 0 bridgehead atoms. The summed E-state index contributed by atoms with van der Waals surface area (Å²) < 4.78 is 1.90. The highest BCUT2D eigenvalue weighted by molar-refractivity contribution is 7.99. The Morgan fingerprint density at radius 3 is 2.36 bits per heavy atom. The Balaban J connectivity index is 1.58. The van der Waals surface area contributed by atoms with Crippen LogP contribution in [0.15, 0.2) is 60.0 Å². The lowest BCUT2D eigenvalue weighted by Gasteiger charge is -2.18. The fraction of sp³-hybridized carbons (Fsp3) is 0.286. The summed E-state index contributed by atoms with van der Waals surface area (Å²) in [6, 6.07) is 16.4. The maximum Gasteiger partial charge on any atom is 0.233 e. The zero-order valence-electron chi connectivity index (χ0n) is 16.7. The SMILES string of the molecule is Cc1ccc(-n2cnnc2SCC(=O)N(C)Cc2ccc(N(C)C)cc2)cc1. The number of nitrogens with zero attached hydrogens (tertiary/aromatic N) is 5. The first-order chi connectivity index (χ1) is 13.4. The molecule has 0 spiro atoms. The molecule has 1 heterocycles. The Kier molecular flexibility index (Phi) is 6.36. The molecule has 0 fully saturated rings. The quantitative estimate of drug-likeness (QED) is 0.574. The van der Waals surface area contributed by atoms with Crippen LogP contribution in [0.3, 0.4) is 0 Å². The van der Waals surface area contributed by atoms with E-state index in [1.807, 2.05) is 56.9 Å². The average molecular weight is 396 g/mol. The Morgan fingerprint density at radius 1 is 1.04 bits per heavy atom. The topological polar surface area (TPSA) is 54.3 Å². The monoisotopic (exact) mass is 395 g/mol. The van der Waals surface area contributed by atoms with Crippen LogP contribution in [-0.2, 0) is 11.3 Å². The molecule has 0 atom stereocenters. The molecule has 0 radical (unpaired) electrons. The number of carbonyl (C=O) groups excluding carboxylic acids is 1. The molecule has 1 aromatic heterocycles. The van der Waals surface area contributed by atoms with Crippen molar-refractivity contribution < 1.29 is 4.79 Å². The number of hydrogen-bond donors (Lipinski definition) is 0. The van der Waals surface area contributed by atoms with E-state index in [0.29, 0.717) is 17.5 Å². The predicted octanol–water partition coefficient (Wildman–Crippen LogP) is 3.39. The molecule has 0 unspecified atom stereocenters. The largest absolute Gasteiger partial charge is 0.378 e. The summed E-state index contributed by atoms with van der Waals surface area (Å²) in [6.45, 7) is 2.63. The molecular formula is C21H25N5OS. The molecule has 6 nitrogen and oxygen atoms in total. The third-order valence-corrected chi connectivity index (χ3v) is 5.38. The van der Waals surface area contributed by atoms with Crippen molar-refractivity contribution in [2.45, 2.75) is 18.6 Å². The molecule has 0 aliphatic heterocycles. The van der Waals surface area contributed by atoms with Gasteiger partial charge in [0.15, 0.2) is 5.16 Å². The standard InChI is InChI=1S/C21H25N5OS/c1-16-5-9-19(10-6-16)26-15-22-23-21(26)28-14-20(27)25(4)13-17-7-11-18(12-8-17)24(2)3/h5-12,15H,13-14H2,1-4H3. The summed E-state index contributed by atoms with van der Waals surface area (Å²) >= 11 is 1.40. The molecule has 146 valence electrons. The molecule has 0 saturated heterocycles. The van der Waals surface area contributed by atoms with Crippen molar-refractivity contribution in [2.75, 3.05) is 31.8 Å². The normalized spacial score (nSPS) is 10.7. The van der Waals surface area contributed by atoms with Gasteiger partial charge in [-0.25, -0.2) is 0 Å². The maximum absolute atomic E-state index is 12.5. The van der Waals surface area contributed by atoms with E-state index < -0.39 is 0 Å². The van der Waals surface area contributed by atoms with Gasteiger partial charge in [-0.15, -0.1) is 10.2 Å². The van der Waals surface area contributed by atoms with Gasteiger partial charge in [-0.1, -0.05) is 41.6 Å². The van der Waals surface area contributed by atoms with Crippen LogP contribution in [0.4, 0.5) is 5.69 Å². The van der Waals surface area contributed by atoms with Crippen LogP contribution in [0.5, 0.6) is 0 Å². The van der Waals surface area contributed by atoms with Crippen LogP contribution in [0.1, 0.15) is 11.1 Å². The number of carbonyl (C=O) groups is 1. The van der Waals surface area contributed by atoms with Crippen molar-refractivity contribution in [1.82, 2.24) is 19.7 Å². The lowest BCUT2D eigenvalue weighted by Crippen LogP contribution is -2.27. The number of benzene rings is 2. The summed E-state index contributed by atoms with van der Waals surface area (Å²) in [7, 11) is 5.85. The van der Waals surface area contributed by atoms with Gasteiger partial charge in [0.2, 0.25) is 5.91 Å². The molecule has 7 heteroatoms. The van der Waals surface area contributed by atoms with Crippen molar-refractivity contribution in [1.29, 1.82) is 0 Å². The van der Waals surface area contributed by atoms with Crippen LogP contribution in [-0.4, -0.2) is 52.5 Å². The van der Waals surface area contributed by atoms with Crippen molar-refractivity contribution >= 4 is 23.4 Å².